The first-order valence-corrected chi connectivity index (χ1v) is 6.82. The largest absolute Gasteiger partial charge is 0.496 e. The molecule has 0 unspecified atom stereocenters. The number of benzene rings is 1. The second-order valence-electron chi connectivity index (χ2n) is 3.75. The molecular formula is C13H18O3S. The van der Waals surface area contributed by atoms with E-state index in [4.69, 9.17) is 9.84 Å². The number of hydrogen-bond donors (Lipinski definition) is 1. The number of carboxylic acids is 1. The van der Waals surface area contributed by atoms with Crippen molar-refractivity contribution in [1.29, 1.82) is 0 Å². The average Bonchev–Trinajstić information content (AvgIpc) is 2.34. The number of rotatable bonds is 7. The molecule has 1 aromatic rings. The van der Waals surface area contributed by atoms with Gasteiger partial charge in [-0.05, 0) is 29.9 Å². The molecule has 0 aliphatic heterocycles. The van der Waals surface area contributed by atoms with Gasteiger partial charge in [0, 0.05) is 5.75 Å². The van der Waals surface area contributed by atoms with E-state index >= 15 is 0 Å². The number of carboxylic acid groups (broad SMARTS) is 1. The highest BCUT2D eigenvalue weighted by molar-refractivity contribution is 7.98. The fourth-order valence-electron chi connectivity index (χ4n) is 1.45. The molecule has 0 bridgehead atoms. The van der Waals surface area contributed by atoms with Crippen LogP contribution in [0.4, 0.5) is 0 Å². The van der Waals surface area contributed by atoms with E-state index in [0.29, 0.717) is 5.75 Å². The molecule has 0 atom stereocenters. The minimum atomic E-state index is -0.942. The molecule has 0 radical (unpaired) electrons. The first-order chi connectivity index (χ1) is 8.19. The zero-order valence-corrected chi connectivity index (χ0v) is 11.0. The predicted molar refractivity (Wildman–Crippen MR) is 71.0 cm³/mol. The fraction of sp³-hybridized carbons (Fsp3) is 0.462. The van der Waals surface area contributed by atoms with Gasteiger partial charge in [-0.2, -0.15) is 11.8 Å². The molecule has 1 rings (SSSR count). The third-order valence-electron chi connectivity index (χ3n) is 2.41. The molecule has 1 aromatic carbocycles. The molecule has 17 heavy (non-hydrogen) atoms. The third-order valence-corrected chi connectivity index (χ3v) is 3.52. The molecule has 0 spiro atoms. The molecule has 0 aromatic heterocycles. The summed E-state index contributed by atoms with van der Waals surface area (Å²) in [6, 6.07) is 5.34. The summed E-state index contributed by atoms with van der Waals surface area (Å²) in [7, 11) is 1.48. The number of unbranched alkanes of at least 4 members (excludes halogenated alkanes) is 1. The summed E-state index contributed by atoms with van der Waals surface area (Å²) in [5, 5.41) is 9.04. The second kappa shape index (κ2) is 7.22. The summed E-state index contributed by atoms with van der Waals surface area (Å²) in [6.07, 6.45) is 2.39. The topological polar surface area (TPSA) is 46.5 Å². The smallest absolute Gasteiger partial charge is 0.339 e. The highest BCUT2D eigenvalue weighted by atomic mass is 32.2. The molecule has 0 fully saturated rings. The van der Waals surface area contributed by atoms with E-state index in [-0.39, 0.29) is 5.56 Å². The molecule has 0 amide bonds. The summed E-state index contributed by atoms with van der Waals surface area (Å²) in [5.41, 5.74) is 1.27. The van der Waals surface area contributed by atoms with E-state index in [1.807, 2.05) is 17.8 Å². The van der Waals surface area contributed by atoms with Gasteiger partial charge in [-0.1, -0.05) is 19.4 Å². The minimum absolute atomic E-state index is 0.237. The molecule has 0 heterocycles. The van der Waals surface area contributed by atoms with Gasteiger partial charge in [-0.15, -0.1) is 0 Å². The number of aromatic carboxylic acids is 1. The van der Waals surface area contributed by atoms with Crippen molar-refractivity contribution in [3.05, 3.63) is 29.3 Å². The van der Waals surface area contributed by atoms with Crippen LogP contribution in [0.25, 0.3) is 0 Å². The van der Waals surface area contributed by atoms with Crippen molar-refractivity contribution in [3.8, 4) is 5.75 Å². The van der Waals surface area contributed by atoms with Crippen molar-refractivity contribution in [2.45, 2.75) is 25.5 Å². The maximum atomic E-state index is 11.0. The van der Waals surface area contributed by atoms with E-state index in [1.54, 1.807) is 12.1 Å². The summed E-state index contributed by atoms with van der Waals surface area (Å²) in [6.45, 7) is 2.16. The molecule has 0 saturated carbocycles. The van der Waals surface area contributed by atoms with Crippen LogP contribution in [0.15, 0.2) is 18.2 Å². The van der Waals surface area contributed by atoms with Crippen LogP contribution in [-0.4, -0.2) is 23.9 Å². The number of ether oxygens (including phenoxy) is 1. The normalized spacial score (nSPS) is 10.2. The molecule has 0 saturated heterocycles. The Morgan fingerprint density at radius 1 is 1.47 bits per heavy atom. The highest BCUT2D eigenvalue weighted by Gasteiger charge is 2.11. The SMILES string of the molecule is CCCCSCc1ccc(OC)c(C(=O)O)c1. The number of methoxy groups -OCH3 is 1. The van der Waals surface area contributed by atoms with Crippen LogP contribution in [0.1, 0.15) is 35.7 Å². The van der Waals surface area contributed by atoms with Crippen LogP contribution < -0.4 is 4.74 Å². The van der Waals surface area contributed by atoms with Crippen LogP contribution in [0.2, 0.25) is 0 Å². The molecule has 0 aliphatic rings. The Morgan fingerprint density at radius 2 is 2.24 bits per heavy atom. The maximum absolute atomic E-state index is 11.0. The lowest BCUT2D eigenvalue weighted by Crippen LogP contribution is -2.01. The van der Waals surface area contributed by atoms with Gasteiger partial charge in [0.25, 0.3) is 0 Å². The molecule has 4 heteroatoms. The van der Waals surface area contributed by atoms with Crippen LogP contribution in [0.3, 0.4) is 0 Å². The van der Waals surface area contributed by atoms with Gasteiger partial charge in [0.2, 0.25) is 0 Å². The van der Waals surface area contributed by atoms with Gasteiger partial charge >= 0.3 is 5.97 Å². The first-order valence-electron chi connectivity index (χ1n) is 5.67. The Morgan fingerprint density at radius 3 is 2.82 bits per heavy atom. The van der Waals surface area contributed by atoms with Gasteiger partial charge in [0.15, 0.2) is 0 Å². The van der Waals surface area contributed by atoms with Crippen molar-refractivity contribution in [1.82, 2.24) is 0 Å². The van der Waals surface area contributed by atoms with Crippen molar-refractivity contribution in [2.75, 3.05) is 12.9 Å². The van der Waals surface area contributed by atoms with E-state index in [1.165, 1.54) is 20.0 Å². The Hall–Kier alpha value is -1.16. The van der Waals surface area contributed by atoms with Crippen LogP contribution >= 0.6 is 11.8 Å². The lowest BCUT2D eigenvalue weighted by molar-refractivity contribution is 0.0693. The summed E-state index contributed by atoms with van der Waals surface area (Å²) in [5.74, 6) is 1.44. The quantitative estimate of drug-likeness (QED) is 0.757. The zero-order valence-electron chi connectivity index (χ0n) is 10.2. The van der Waals surface area contributed by atoms with E-state index in [0.717, 1.165) is 17.1 Å². The van der Waals surface area contributed by atoms with Gasteiger partial charge in [-0.25, -0.2) is 4.79 Å². The Labute approximate surface area is 106 Å². The average molecular weight is 254 g/mol. The van der Waals surface area contributed by atoms with E-state index < -0.39 is 5.97 Å². The molecule has 3 nitrogen and oxygen atoms in total. The van der Waals surface area contributed by atoms with Gasteiger partial charge in [0.1, 0.15) is 11.3 Å². The van der Waals surface area contributed by atoms with Crippen molar-refractivity contribution >= 4 is 17.7 Å². The monoisotopic (exact) mass is 254 g/mol. The minimum Gasteiger partial charge on any atom is -0.496 e. The van der Waals surface area contributed by atoms with Gasteiger partial charge in [-0.3, -0.25) is 0 Å². The maximum Gasteiger partial charge on any atom is 0.339 e. The standard InChI is InChI=1S/C13H18O3S/c1-3-4-7-17-9-10-5-6-12(16-2)11(8-10)13(14)15/h5-6,8H,3-4,7,9H2,1-2H3,(H,14,15). The number of thioether (sulfide) groups is 1. The molecule has 0 aliphatic carbocycles. The van der Waals surface area contributed by atoms with Gasteiger partial charge < -0.3 is 9.84 Å². The van der Waals surface area contributed by atoms with Crippen LogP contribution in [-0.2, 0) is 5.75 Å². The molecule has 1 N–H and O–H groups in total. The van der Waals surface area contributed by atoms with E-state index in [9.17, 15) is 4.79 Å². The fourth-order valence-corrected chi connectivity index (χ4v) is 2.50. The van der Waals surface area contributed by atoms with Gasteiger partial charge in [0.05, 0.1) is 7.11 Å². The molecule has 94 valence electrons. The number of hydrogen-bond acceptors (Lipinski definition) is 3. The lowest BCUT2D eigenvalue weighted by atomic mass is 10.1. The molecular weight excluding hydrogens is 236 g/mol. The van der Waals surface area contributed by atoms with Crippen molar-refractivity contribution in [3.63, 3.8) is 0 Å². The Kier molecular flexibility index (Phi) is 5.91. The Balaban J connectivity index is 2.68. The number of carbonyl (C=O) groups is 1. The van der Waals surface area contributed by atoms with Crippen LogP contribution in [0, 0.1) is 0 Å². The zero-order chi connectivity index (χ0) is 12.7. The second-order valence-corrected chi connectivity index (χ2v) is 4.85. The summed E-state index contributed by atoms with van der Waals surface area (Å²) in [4.78, 5) is 11.0. The Bertz CT molecular complexity index is 377. The third kappa shape index (κ3) is 4.30. The lowest BCUT2D eigenvalue weighted by Gasteiger charge is -2.07. The summed E-state index contributed by atoms with van der Waals surface area (Å²) >= 11 is 1.83. The first kappa shape index (κ1) is 13.9. The summed E-state index contributed by atoms with van der Waals surface area (Å²) < 4.78 is 5.02. The van der Waals surface area contributed by atoms with E-state index in [2.05, 4.69) is 6.92 Å². The van der Waals surface area contributed by atoms with Crippen molar-refractivity contribution < 1.29 is 14.6 Å². The van der Waals surface area contributed by atoms with Crippen LogP contribution in [0.5, 0.6) is 5.75 Å². The highest BCUT2D eigenvalue weighted by Crippen LogP contribution is 2.22. The van der Waals surface area contributed by atoms with Crippen molar-refractivity contribution in [2.24, 2.45) is 0 Å². The predicted octanol–water partition coefficient (Wildman–Crippen LogP) is 3.43.